The molecule has 0 radical (unpaired) electrons. The molecule has 1 aliphatic carbocycles. The summed E-state index contributed by atoms with van der Waals surface area (Å²) in [5.74, 6) is 1.02. The van der Waals surface area contributed by atoms with E-state index in [1.165, 1.54) is 19.3 Å². The van der Waals surface area contributed by atoms with E-state index in [1.807, 2.05) is 13.0 Å². The lowest BCUT2D eigenvalue weighted by Crippen LogP contribution is -2.34. The van der Waals surface area contributed by atoms with Crippen molar-refractivity contribution in [3.8, 4) is 11.5 Å². The second-order valence-corrected chi connectivity index (χ2v) is 6.05. The normalized spacial score (nSPS) is 15.6. The van der Waals surface area contributed by atoms with Crippen LogP contribution in [0.5, 0.6) is 11.5 Å². The maximum absolute atomic E-state index is 12.0. The van der Waals surface area contributed by atoms with E-state index in [0.717, 1.165) is 18.4 Å². The average molecular weight is 338 g/mol. The Hall–Kier alpha value is -1.68. The zero-order valence-electron chi connectivity index (χ0n) is 13.7. The maximum Gasteiger partial charge on any atom is 0.244 e. The summed E-state index contributed by atoms with van der Waals surface area (Å²) in [5, 5.41) is 3.52. The van der Waals surface area contributed by atoms with Gasteiger partial charge in [0.05, 0.1) is 18.7 Å². The van der Waals surface area contributed by atoms with Crippen molar-refractivity contribution in [2.45, 2.75) is 45.1 Å². The zero-order chi connectivity index (χ0) is 16.7. The molecular formula is C18H24ClNO3. The van der Waals surface area contributed by atoms with Gasteiger partial charge < -0.3 is 14.8 Å². The lowest BCUT2D eigenvalue weighted by Gasteiger charge is -2.21. The van der Waals surface area contributed by atoms with Crippen molar-refractivity contribution in [3.63, 3.8) is 0 Å². The van der Waals surface area contributed by atoms with Gasteiger partial charge in [0.15, 0.2) is 11.5 Å². The molecule has 0 atom stereocenters. The third-order valence-electron chi connectivity index (χ3n) is 3.91. The van der Waals surface area contributed by atoms with Gasteiger partial charge in [-0.1, -0.05) is 30.9 Å². The number of carbonyl (C=O) groups excluding carboxylic acids is 1. The average Bonchev–Trinajstić information content (AvgIpc) is 2.54. The Labute approximate surface area is 142 Å². The number of hydrogen-bond donors (Lipinski definition) is 1. The Morgan fingerprint density at radius 2 is 2.09 bits per heavy atom. The molecule has 2 rings (SSSR count). The van der Waals surface area contributed by atoms with Crippen LogP contribution in [0.3, 0.4) is 0 Å². The minimum Gasteiger partial charge on any atom is -0.491 e. The maximum atomic E-state index is 12.0. The van der Waals surface area contributed by atoms with E-state index in [-0.39, 0.29) is 5.91 Å². The second kappa shape index (κ2) is 8.82. The molecule has 1 N–H and O–H groups in total. The van der Waals surface area contributed by atoms with Crippen LogP contribution in [0, 0.1) is 0 Å². The number of rotatable bonds is 6. The van der Waals surface area contributed by atoms with Crippen LogP contribution < -0.4 is 14.8 Å². The molecule has 0 unspecified atom stereocenters. The molecule has 0 saturated heterocycles. The molecule has 5 heteroatoms. The van der Waals surface area contributed by atoms with Crippen LogP contribution in [0.15, 0.2) is 18.2 Å². The van der Waals surface area contributed by atoms with Crippen molar-refractivity contribution in [2.24, 2.45) is 0 Å². The number of hydrogen-bond acceptors (Lipinski definition) is 3. The highest BCUT2D eigenvalue weighted by molar-refractivity contribution is 6.32. The van der Waals surface area contributed by atoms with Crippen molar-refractivity contribution >= 4 is 23.6 Å². The Morgan fingerprint density at radius 1 is 1.35 bits per heavy atom. The highest BCUT2D eigenvalue weighted by atomic mass is 35.5. The number of methoxy groups -OCH3 is 1. The first-order valence-electron chi connectivity index (χ1n) is 8.13. The van der Waals surface area contributed by atoms with Crippen LogP contribution in [0.2, 0.25) is 5.02 Å². The van der Waals surface area contributed by atoms with Gasteiger partial charge in [-0.2, -0.15) is 0 Å². The topological polar surface area (TPSA) is 47.6 Å². The molecule has 1 aromatic rings. The fourth-order valence-corrected chi connectivity index (χ4v) is 3.11. The van der Waals surface area contributed by atoms with Crippen LogP contribution in [0.25, 0.3) is 6.08 Å². The van der Waals surface area contributed by atoms with Crippen molar-refractivity contribution in [3.05, 3.63) is 28.8 Å². The van der Waals surface area contributed by atoms with E-state index in [9.17, 15) is 4.79 Å². The van der Waals surface area contributed by atoms with Gasteiger partial charge in [-0.05, 0) is 43.5 Å². The van der Waals surface area contributed by atoms with Crippen molar-refractivity contribution in [1.82, 2.24) is 5.32 Å². The molecular weight excluding hydrogens is 314 g/mol. The molecule has 0 heterocycles. The van der Waals surface area contributed by atoms with Crippen LogP contribution in [0.1, 0.15) is 44.6 Å². The van der Waals surface area contributed by atoms with Gasteiger partial charge in [-0.25, -0.2) is 0 Å². The molecule has 0 aliphatic heterocycles. The summed E-state index contributed by atoms with van der Waals surface area (Å²) in [6.07, 6.45) is 9.09. The monoisotopic (exact) mass is 337 g/mol. The van der Waals surface area contributed by atoms with Crippen molar-refractivity contribution in [1.29, 1.82) is 0 Å². The molecule has 126 valence electrons. The van der Waals surface area contributed by atoms with Crippen molar-refractivity contribution in [2.75, 3.05) is 13.7 Å². The Kier molecular flexibility index (Phi) is 6.78. The lowest BCUT2D eigenvalue weighted by molar-refractivity contribution is -0.117. The van der Waals surface area contributed by atoms with Gasteiger partial charge in [0.25, 0.3) is 0 Å². The molecule has 0 bridgehead atoms. The van der Waals surface area contributed by atoms with Crippen LogP contribution in [-0.4, -0.2) is 25.7 Å². The molecule has 0 spiro atoms. The zero-order valence-corrected chi connectivity index (χ0v) is 14.5. The third kappa shape index (κ3) is 5.17. The first-order chi connectivity index (χ1) is 11.1. The van der Waals surface area contributed by atoms with E-state index >= 15 is 0 Å². The molecule has 1 saturated carbocycles. The number of ether oxygens (including phenoxy) is 2. The summed E-state index contributed by atoms with van der Waals surface area (Å²) in [6.45, 7) is 2.41. The predicted octanol–water partition coefficient (Wildman–Crippen LogP) is 4.21. The van der Waals surface area contributed by atoms with E-state index in [1.54, 1.807) is 25.3 Å². The summed E-state index contributed by atoms with van der Waals surface area (Å²) in [5.41, 5.74) is 0.804. The summed E-state index contributed by atoms with van der Waals surface area (Å²) in [7, 11) is 1.55. The van der Waals surface area contributed by atoms with Crippen molar-refractivity contribution < 1.29 is 14.3 Å². The molecule has 0 aromatic heterocycles. The second-order valence-electron chi connectivity index (χ2n) is 5.64. The van der Waals surface area contributed by atoms with E-state index < -0.39 is 0 Å². The van der Waals surface area contributed by atoms with Gasteiger partial charge >= 0.3 is 0 Å². The predicted molar refractivity (Wildman–Crippen MR) is 93.2 cm³/mol. The molecule has 23 heavy (non-hydrogen) atoms. The van der Waals surface area contributed by atoms with Gasteiger partial charge in [0, 0.05) is 12.1 Å². The fraction of sp³-hybridized carbons (Fsp3) is 0.500. The number of halogens is 1. The highest BCUT2D eigenvalue weighted by Crippen LogP contribution is 2.36. The molecule has 4 nitrogen and oxygen atoms in total. The first-order valence-corrected chi connectivity index (χ1v) is 8.50. The summed E-state index contributed by atoms with van der Waals surface area (Å²) in [4.78, 5) is 12.0. The minimum absolute atomic E-state index is 0.0678. The molecule has 1 aromatic carbocycles. The SMILES string of the molecule is CCOc1cc(/C=C/C(=O)NC2CCCCC2)cc(Cl)c1OC. The van der Waals surface area contributed by atoms with E-state index in [4.69, 9.17) is 21.1 Å². The van der Waals surface area contributed by atoms with Crippen LogP contribution in [0.4, 0.5) is 0 Å². The fourth-order valence-electron chi connectivity index (χ4n) is 2.81. The third-order valence-corrected chi connectivity index (χ3v) is 4.20. The highest BCUT2D eigenvalue weighted by Gasteiger charge is 2.14. The Morgan fingerprint density at radius 3 is 2.74 bits per heavy atom. The summed E-state index contributed by atoms with van der Waals surface area (Å²) >= 11 is 6.20. The quantitative estimate of drug-likeness (QED) is 0.791. The van der Waals surface area contributed by atoms with Gasteiger partial charge in [-0.3, -0.25) is 4.79 Å². The van der Waals surface area contributed by atoms with E-state index in [0.29, 0.717) is 29.2 Å². The van der Waals surface area contributed by atoms with Gasteiger partial charge in [-0.15, -0.1) is 0 Å². The van der Waals surface area contributed by atoms with Gasteiger partial charge in [0.2, 0.25) is 5.91 Å². The van der Waals surface area contributed by atoms with Crippen LogP contribution >= 0.6 is 11.6 Å². The Bertz CT molecular complexity index is 566. The summed E-state index contributed by atoms with van der Waals surface area (Å²) in [6, 6.07) is 3.88. The standard InChI is InChI=1S/C18H24ClNO3/c1-3-23-16-12-13(11-15(19)18(16)22-2)9-10-17(21)20-14-7-5-4-6-8-14/h9-12,14H,3-8H2,1-2H3,(H,20,21)/b10-9+. The number of nitrogens with one attached hydrogen (secondary N) is 1. The molecule has 1 aliphatic rings. The first kappa shape index (κ1) is 17.7. The smallest absolute Gasteiger partial charge is 0.244 e. The number of amides is 1. The molecule has 1 amide bonds. The number of benzene rings is 1. The van der Waals surface area contributed by atoms with E-state index in [2.05, 4.69) is 5.32 Å². The van der Waals surface area contributed by atoms with Gasteiger partial charge in [0.1, 0.15) is 0 Å². The lowest BCUT2D eigenvalue weighted by atomic mass is 9.95. The Balaban J connectivity index is 2.04. The summed E-state index contributed by atoms with van der Waals surface area (Å²) < 4.78 is 10.8. The number of carbonyl (C=O) groups is 1. The minimum atomic E-state index is -0.0678. The largest absolute Gasteiger partial charge is 0.491 e. The molecule has 1 fully saturated rings. The van der Waals surface area contributed by atoms with Crippen LogP contribution in [-0.2, 0) is 4.79 Å².